The summed E-state index contributed by atoms with van der Waals surface area (Å²) >= 11 is 11.8. The summed E-state index contributed by atoms with van der Waals surface area (Å²) in [4.78, 5) is 0. The molecule has 0 aliphatic rings. The zero-order valence-electron chi connectivity index (χ0n) is 7.86. The Morgan fingerprint density at radius 3 is 2.31 bits per heavy atom. The first-order valence-corrected chi connectivity index (χ1v) is 4.88. The maximum Gasteiger partial charge on any atom is 0.137 e. The number of aromatic hydroxyl groups is 1. The number of halogens is 2. The van der Waals surface area contributed by atoms with E-state index in [-0.39, 0.29) is 11.7 Å². The second kappa shape index (κ2) is 3.77. The molecule has 0 aliphatic carbocycles. The number of rotatable bonds is 1. The van der Waals surface area contributed by atoms with Crippen molar-refractivity contribution in [3.05, 3.63) is 27.2 Å². The molecule has 0 amide bonds. The molecule has 0 aliphatic heterocycles. The van der Waals surface area contributed by atoms with Crippen molar-refractivity contribution in [1.82, 2.24) is 0 Å². The van der Waals surface area contributed by atoms with E-state index >= 15 is 0 Å². The number of phenolic OH excluding ortho intramolecular Hbond substituents is 1. The Morgan fingerprint density at radius 2 is 1.85 bits per heavy atom. The van der Waals surface area contributed by atoms with Crippen LogP contribution >= 0.6 is 23.2 Å². The summed E-state index contributed by atoms with van der Waals surface area (Å²) in [6.07, 6.45) is 0. The lowest BCUT2D eigenvalue weighted by atomic mass is 10.0. The standard InChI is InChI=1S/C10H12Cl2O/c1-5(2)7-4-8(11)6(3)9(12)10(7)13/h4-5,13H,1-3H3. The molecule has 0 radical (unpaired) electrons. The Kier molecular flexibility index (Phi) is 3.09. The number of phenols is 1. The molecule has 1 nitrogen and oxygen atoms in total. The minimum absolute atomic E-state index is 0.151. The van der Waals surface area contributed by atoms with Crippen molar-refractivity contribution < 1.29 is 5.11 Å². The fraction of sp³-hybridized carbons (Fsp3) is 0.400. The van der Waals surface area contributed by atoms with E-state index in [0.29, 0.717) is 10.0 Å². The number of benzene rings is 1. The Labute approximate surface area is 88.3 Å². The highest BCUT2D eigenvalue weighted by Gasteiger charge is 2.14. The van der Waals surface area contributed by atoms with E-state index in [2.05, 4.69) is 0 Å². The van der Waals surface area contributed by atoms with Gasteiger partial charge in [-0.05, 0) is 30.0 Å². The molecule has 0 fully saturated rings. The maximum absolute atomic E-state index is 9.68. The Bertz CT molecular complexity index is 332. The summed E-state index contributed by atoms with van der Waals surface area (Å²) < 4.78 is 0. The fourth-order valence-electron chi connectivity index (χ4n) is 1.16. The van der Waals surface area contributed by atoms with Gasteiger partial charge in [0.15, 0.2) is 0 Å². The van der Waals surface area contributed by atoms with Crippen molar-refractivity contribution in [3.63, 3.8) is 0 Å². The maximum atomic E-state index is 9.68. The van der Waals surface area contributed by atoms with Crippen LogP contribution in [0.3, 0.4) is 0 Å². The summed E-state index contributed by atoms with van der Waals surface area (Å²) in [5.74, 6) is 0.370. The van der Waals surface area contributed by atoms with Crippen LogP contribution in [0, 0.1) is 6.92 Å². The zero-order valence-corrected chi connectivity index (χ0v) is 9.37. The lowest BCUT2D eigenvalue weighted by molar-refractivity contribution is 0.464. The highest BCUT2D eigenvalue weighted by Crippen LogP contribution is 2.38. The lowest BCUT2D eigenvalue weighted by Gasteiger charge is -2.12. The number of hydrogen-bond acceptors (Lipinski definition) is 1. The van der Waals surface area contributed by atoms with Crippen molar-refractivity contribution in [1.29, 1.82) is 0 Å². The van der Waals surface area contributed by atoms with Gasteiger partial charge in [0.1, 0.15) is 5.75 Å². The molecule has 1 N–H and O–H groups in total. The third-order valence-electron chi connectivity index (χ3n) is 2.07. The van der Waals surface area contributed by atoms with Gasteiger partial charge < -0.3 is 5.11 Å². The van der Waals surface area contributed by atoms with Crippen LogP contribution in [0.5, 0.6) is 5.75 Å². The van der Waals surface area contributed by atoms with Crippen LogP contribution in [0.25, 0.3) is 0 Å². The minimum Gasteiger partial charge on any atom is -0.506 e. The molecule has 72 valence electrons. The summed E-state index contributed by atoms with van der Waals surface area (Å²) in [5, 5.41) is 10.6. The first-order chi connectivity index (χ1) is 5.95. The van der Waals surface area contributed by atoms with Gasteiger partial charge in [-0.1, -0.05) is 37.0 Å². The molecule has 0 aromatic heterocycles. The van der Waals surface area contributed by atoms with E-state index < -0.39 is 0 Å². The molecule has 0 saturated heterocycles. The van der Waals surface area contributed by atoms with Gasteiger partial charge in [0.25, 0.3) is 0 Å². The molecule has 1 aromatic rings. The average molecular weight is 219 g/mol. The molecule has 0 bridgehead atoms. The van der Waals surface area contributed by atoms with Crippen molar-refractivity contribution in [2.24, 2.45) is 0 Å². The summed E-state index contributed by atoms with van der Waals surface area (Å²) in [6, 6.07) is 1.77. The summed E-state index contributed by atoms with van der Waals surface area (Å²) in [7, 11) is 0. The molecule has 0 atom stereocenters. The monoisotopic (exact) mass is 218 g/mol. The molecule has 3 heteroatoms. The molecular weight excluding hydrogens is 207 g/mol. The first kappa shape index (κ1) is 10.7. The van der Waals surface area contributed by atoms with Gasteiger partial charge in [-0.25, -0.2) is 0 Å². The van der Waals surface area contributed by atoms with Crippen LogP contribution in [0.2, 0.25) is 10.0 Å². The fourth-order valence-corrected chi connectivity index (χ4v) is 1.63. The Balaban J connectivity index is 3.41. The summed E-state index contributed by atoms with van der Waals surface area (Å²) in [5.41, 5.74) is 1.52. The molecule has 0 spiro atoms. The van der Waals surface area contributed by atoms with Gasteiger partial charge in [0.2, 0.25) is 0 Å². The van der Waals surface area contributed by atoms with Crippen LogP contribution in [-0.4, -0.2) is 5.11 Å². The van der Waals surface area contributed by atoms with Crippen molar-refractivity contribution in [2.45, 2.75) is 26.7 Å². The van der Waals surface area contributed by atoms with Gasteiger partial charge in [0, 0.05) is 5.02 Å². The van der Waals surface area contributed by atoms with E-state index in [4.69, 9.17) is 23.2 Å². The van der Waals surface area contributed by atoms with Gasteiger partial charge >= 0.3 is 0 Å². The van der Waals surface area contributed by atoms with Gasteiger partial charge in [0.05, 0.1) is 5.02 Å². The van der Waals surface area contributed by atoms with Crippen LogP contribution in [0.4, 0.5) is 0 Å². The SMILES string of the molecule is Cc1c(Cl)cc(C(C)C)c(O)c1Cl. The lowest BCUT2D eigenvalue weighted by Crippen LogP contribution is -1.91. The first-order valence-electron chi connectivity index (χ1n) is 4.12. The average Bonchev–Trinajstić information content (AvgIpc) is 2.07. The zero-order chi connectivity index (χ0) is 10.2. The second-order valence-electron chi connectivity index (χ2n) is 3.39. The molecule has 13 heavy (non-hydrogen) atoms. The molecular formula is C10H12Cl2O. The van der Waals surface area contributed by atoms with Crippen molar-refractivity contribution >= 4 is 23.2 Å². The topological polar surface area (TPSA) is 20.2 Å². The minimum atomic E-state index is 0.151. The van der Waals surface area contributed by atoms with Crippen molar-refractivity contribution in [2.75, 3.05) is 0 Å². The molecule has 0 unspecified atom stereocenters. The van der Waals surface area contributed by atoms with Gasteiger partial charge in [-0.2, -0.15) is 0 Å². The van der Waals surface area contributed by atoms with E-state index in [1.165, 1.54) is 0 Å². The van der Waals surface area contributed by atoms with Gasteiger partial charge in [-0.3, -0.25) is 0 Å². The number of hydrogen-bond donors (Lipinski definition) is 1. The highest BCUT2D eigenvalue weighted by molar-refractivity contribution is 6.37. The molecule has 1 rings (SSSR count). The molecule has 1 aromatic carbocycles. The normalized spacial score (nSPS) is 10.9. The van der Waals surface area contributed by atoms with Gasteiger partial charge in [-0.15, -0.1) is 0 Å². The van der Waals surface area contributed by atoms with Crippen molar-refractivity contribution in [3.8, 4) is 5.75 Å². The Hall–Kier alpha value is -0.400. The van der Waals surface area contributed by atoms with E-state index in [0.717, 1.165) is 11.1 Å². The molecule has 0 saturated carbocycles. The molecule has 0 heterocycles. The third kappa shape index (κ3) is 1.92. The van der Waals surface area contributed by atoms with Crippen LogP contribution in [0.15, 0.2) is 6.07 Å². The quantitative estimate of drug-likeness (QED) is 0.752. The van der Waals surface area contributed by atoms with Crippen LogP contribution < -0.4 is 0 Å². The smallest absolute Gasteiger partial charge is 0.137 e. The van der Waals surface area contributed by atoms with E-state index in [9.17, 15) is 5.11 Å². The Morgan fingerprint density at radius 1 is 1.31 bits per heavy atom. The van der Waals surface area contributed by atoms with E-state index in [1.807, 2.05) is 13.8 Å². The summed E-state index contributed by atoms with van der Waals surface area (Å²) in [6.45, 7) is 5.75. The van der Waals surface area contributed by atoms with Crippen LogP contribution in [0.1, 0.15) is 30.9 Å². The predicted molar refractivity (Wildman–Crippen MR) is 57.0 cm³/mol. The predicted octanol–water partition coefficient (Wildman–Crippen LogP) is 4.13. The van der Waals surface area contributed by atoms with Crippen LogP contribution in [-0.2, 0) is 0 Å². The highest BCUT2D eigenvalue weighted by atomic mass is 35.5. The second-order valence-corrected chi connectivity index (χ2v) is 4.18. The largest absolute Gasteiger partial charge is 0.506 e. The third-order valence-corrected chi connectivity index (χ3v) is 2.93. The van der Waals surface area contributed by atoms with E-state index in [1.54, 1.807) is 13.0 Å².